The maximum Gasteiger partial charge on any atom is 0.358 e. The largest absolute Gasteiger partial charge is 0.358 e. The van der Waals surface area contributed by atoms with Crippen molar-refractivity contribution >= 4 is 111 Å². The van der Waals surface area contributed by atoms with Crippen molar-refractivity contribution in [2.75, 3.05) is 8.84 Å². The van der Waals surface area contributed by atoms with Crippen molar-refractivity contribution in [1.29, 1.82) is 0 Å². The van der Waals surface area contributed by atoms with Gasteiger partial charge in [0.1, 0.15) is 11.4 Å². The SMILES string of the molecule is O=C(N(Cl)c1c(Cl)cc(Cl)cc1Cl)N(Cl)c1c(Cl)cc(Cl)cc1Cl. The van der Waals surface area contributed by atoms with E-state index in [4.69, 9.17) is 93.2 Å². The minimum atomic E-state index is -0.921. The molecule has 0 aliphatic rings. The number of hydrogen-bond acceptors (Lipinski definition) is 1. The molecule has 11 heteroatoms. The molecule has 0 aliphatic carbocycles. The van der Waals surface area contributed by atoms with Crippen LogP contribution in [-0.4, -0.2) is 6.03 Å². The molecule has 0 heterocycles. The molecular formula is C13H4Cl8N2O. The van der Waals surface area contributed by atoms with Crippen LogP contribution < -0.4 is 8.84 Å². The summed E-state index contributed by atoms with van der Waals surface area (Å²) in [5.41, 5.74) is 0.00233. The Hall–Kier alpha value is 0.0300. The first-order valence-corrected chi connectivity index (χ1v) is 8.82. The van der Waals surface area contributed by atoms with E-state index in [1.54, 1.807) is 0 Å². The average molecular weight is 488 g/mol. The van der Waals surface area contributed by atoms with Gasteiger partial charge in [-0.15, -0.1) is 0 Å². The van der Waals surface area contributed by atoms with Crippen molar-refractivity contribution in [3.8, 4) is 0 Å². The van der Waals surface area contributed by atoms with E-state index in [0.717, 1.165) is 0 Å². The number of carbonyl (C=O) groups is 1. The third kappa shape index (κ3) is 4.22. The first kappa shape index (κ1) is 20.3. The van der Waals surface area contributed by atoms with Crippen LogP contribution in [0.1, 0.15) is 0 Å². The Kier molecular flexibility index (Phi) is 6.91. The molecule has 24 heavy (non-hydrogen) atoms. The van der Waals surface area contributed by atoms with Gasteiger partial charge in [0.2, 0.25) is 0 Å². The standard InChI is InChI=1S/C13H4Cl8N2O/c14-5-1-7(16)11(8(17)2-5)22(20)13(24)23(21)12-9(18)3-6(15)4-10(12)19/h1-4H. The van der Waals surface area contributed by atoms with Gasteiger partial charge in [-0.05, 0) is 24.3 Å². The van der Waals surface area contributed by atoms with Crippen LogP contribution in [0, 0.1) is 0 Å². The van der Waals surface area contributed by atoms with Crippen molar-refractivity contribution in [3.05, 3.63) is 54.4 Å². The second-order valence-electron chi connectivity index (χ2n) is 4.28. The fourth-order valence-electron chi connectivity index (χ4n) is 1.71. The molecule has 2 rings (SSSR count). The molecule has 0 atom stereocenters. The van der Waals surface area contributed by atoms with Crippen LogP contribution in [0.3, 0.4) is 0 Å². The lowest BCUT2D eigenvalue weighted by atomic mass is 10.3. The molecular weight excluding hydrogens is 484 g/mol. The molecule has 2 aromatic rings. The number of benzene rings is 2. The van der Waals surface area contributed by atoms with Crippen molar-refractivity contribution < 1.29 is 4.79 Å². The normalized spacial score (nSPS) is 10.7. The number of amides is 2. The van der Waals surface area contributed by atoms with Crippen LogP contribution in [0.4, 0.5) is 16.2 Å². The summed E-state index contributed by atoms with van der Waals surface area (Å²) in [5, 5.41) is 0.752. The molecule has 0 aliphatic heterocycles. The van der Waals surface area contributed by atoms with Gasteiger partial charge in [-0.3, -0.25) is 0 Å². The monoisotopic (exact) mass is 484 g/mol. The summed E-state index contributed by atoms with van der Waals surface area (Å²) in [6, 6.07) is 4.55. The average Bonchev–Trinajstić information content (AvgIpc) is 2.43. The van der Waals surface area contributed by atoms with Gasteiger partial charge in [0.05, 0.1) is 20.1 Å². The quantitative estimate of drug-likeness (QED) is 0.390. The third-order valence-corrected chi connectivity index (χ3v) is 4.91. The topological polar surface area (TPSA) is 23.6 Å². The summed E-state index contributed by atoms with van der Waals surface area (Å²) < 4.78 is 1.24. The van der Waals surface area contributed by atoms with E-state index < -0.39 is 6.03 Å². The van der Waals surface area contributed by atoms with Crippen molar-refractivity contribution in [2.45, 2.75) is 0 Å². The summed E-state index contributed by atoms with van der Waals surface area (Å²) in [6.45, 7) is 0. The number of halogens is 8. The van der Waals surface area contributed by atoms with E-state index in [9.17, 15) is 4.79 Å². The van der Waals surface area contributed by atoms with Gasteiger partial charge in [-0.2, -0.15) is 8.84 Å². The molecule has 2 amide bonds. The molecule has 2 aromatic carbocycles. The summed E-state index contributed by atoms with van der Waals surface area (Å²) in [5.74, 6) is 0. The highest BCUT2D eigenvalue weighted by Gasteiger charge is 2.28. The predicted octanol–water partition coefficient (Wildman–Crippen LogP) is 8.35. The van der Waals surface area contributed by atoms with Crippen LogP contribution in [0.15, 0.2) is 24.3 Å². The van der Waals surface area contributed by atoms with Gasteiger partial charge in [0.25, 0.3) is 0 Å². The van der Waals surface area contributed by atoms with Gasteiger partial charge in [-0.25, -0.2) is 4.79 Å². The highest BCUT2D eigenvalue weighted by molar-refractivity contribution is 6.53. The minimum Gasteiger partial charge on any atom is -0.245 e. The number of anilines is 2. The summed E-state index contributed by atoms with van der Waals surface area (Å²) in [7, 11) is 0. The predicted molar refractivity (Wildman–Crippen MR) is 105 cm³/mol. The zero-order valence-electron chi connectivity index (χ0n) is 11.1. The molecule has 0 unspecified atom stereocenters. The maximum absolute atomic E-state index is 12.5. The Bertz CT molecular complexity index is 701. The summed E-state index contributed by atoms with van der Waals surface area (Å²) >= 11 is 47.8. The van der Waals surface area contributed by atoms with Gasteiger partial charge in [0.15, 0.2) is 0 Å². The molecule has 0 aromatic heterocycles. The Labute approximate surface area is 177 Å². The maximum atomic E-state index is 12.5. The number of carbonyl (C=O) groups excluding carboxylic acids is 1. The number of urea groups is 1. The van der Waals surface area contributed by atoms with Gasteiger partial charge in [0, 0.05) is 33.6 Å². The second kappa shape index (κ2) is 8.15. The highest BCUT2D eigenvalue weighted by Crippen LogP contribution is 2.41. The van der Waals surface area contributed by atoms with E-state index in [1.165, 1.54) is 24.3 Å². The van der Waals surface area contributed by atoms with E-state index in [-0.39, 0.29) is 41.5 Å². The lowest BCUT2D eigenvalue weighted by Gasteiger charge is -2.23. The zero-order chi connectivity index (χ0) is 18.2. The van der Waals surface area contributed by atoms with Crippen LogP contribution in [0.2, 0.25) is 30.1 Å². The zero-order valence-corrected chi connectivity index (χ0v) is 17.2. The molecule has 3 nitrogen and oxygen atoms in total. The summed E-state index contributed by atoms with van der Waals surface area (Å²) in [6.07, 6.45) is 0. The van der Waals surface area contributed by atoms with Gasteiger partial charge >= 0.3 is 6.03 Å². The minimum absolute atomic E-state index is 0.00117. The van der Waals surface area contributed by atoms with E-state index in [1.807, 2.05) is 0 Å². The lowest BCUT2D eigenvalue weighted by Crippen LogP contribution is -2.33. The Morgan fingerprint density at radius 3 is 1.12 bits per heavy atom. The van der Waals surface area contributed by atoms with Gasteiger partial charge in [-0.1, -0.05) is 69.6 Å². The second-order valence-corrected chi connectivity index (χ2v) is 7.46. The van der Waals surface area contributed by atoms with Crippen molar-refractivity contribution in [3.63, 3.8) is 0 Å². The smallest absolute Gasteiger partial charge is 0.245 e. The molecule has 128 valence electrons. The summed E-state index contributed by atoms with van der Waals surface area (Å²) in [4.78, 5) is 12.5. The number of nitrogens with zero attached hydrogens (tertiary/aromatic N) is 2. The molecule has 0 fully saturated rings. The van der Waals surface area contributed by atoms with Crippen LogP contribution >= 0.6 is 93.2 Å². The van der Waals surface area contributed by atoms with E-state index in [2.05, 4.69) is 0 Å². The molecule has 0 N–H and O–H groups in total. The van der Waals surface area contributed by atoms with E-state index in [0.29, 0.717) is 8.84 Å². The Balaban J connectivity index is 2.42. The third-order valence-electron chi connectivity index (χ3n) is 2.69. The first-order valence-electron chi connectivity index (χ1n) is 5.88. The van der Waals surface area contributed by atoms with Gasteiger partial charge < -0.3 is 0 Å². The molecule has 0 spiro atoms. The van der Waals surface area contributed by atoms with Crippen molar-refractivity contribution in [1.82, 2.24) is 0 Å². The number of rotatable bonds is 2. The number of hydrogen-bond donors (Lipinski definition) is 0. The molecule has 0 bridgehead atoms. The highest BCUT2D eigenvalue weighted by atomic mass is 35.5. The van der Waals surface area contributed by atoms with Crippen LogP contribution in [0.25, 0.3) is 0 Å². The first-order chi connectivity index (χ1) is 11.1. The van der Waals surface area contributed by atoms with E-state index >= 15 is 0 Å². The molecule has 0 radical (unpaired) electrons. The lowest BCUT2D eigenvalue weighted by molar-refractivity contribution is 0.257. The Morgan fingerprint density at radius 1 is 0.625 bits per heavy atom. The van der Waals surface area contributed by atoms with Crippen molar-refractivity contribution in [2.24, 2.45) is 0 Å². The molecule has 0 saturated heterocycles. The molecule has 0 saturated carbocycles. The fraction of sp³-hybridized carbons (Fsp3) is 0. The van der Waals surface area contributed by atoms with Crippen LogP contribution in [0.5, 0.6) is 0 Å². The Morgan fingerprint density at radius 2 is 0.875 bits per heavy atom. The fourth-order valence-corrected chi connectivity index (χ4v) is 4.41. The van der Waals surface area contributed by atoms with Crippen LogP contribution in [-0.2, 0) is 0 Å².